The van der Waals surface area contributed by atoms with E-state index in [1.165, 1.54) is 5.56 Å². The van der Waals surface area contributed by atoms with E-state index < -0.39 is 0 Å². The molecule has 0 atom stereocenters. The van der Waals surface area contributed by atoms with Crippen LogP contribution in [0.3, 0.4) is 0 Å². The van der Waals surface area contributed by atoms with E-state index in [0.717, 1.165) is 31.4 Å². The quantitative estimate of drug-likeness (QED) is 0.855. The fraction of sp³-hybridized carbons (Fsp3) is 0.500. The molecule has 4 rings (SSSR count). The number of hydrogen-bond donors (Lipinski definition) is 1. The molecule has 0 aromatic heterocycles. The molecule has 1 saturated carbocycles. The third-order valence-corrected chi connectivity index (χ3v) is 3.97. The molecule has 3 aliphatic rings. The maximum Gasteiger partial charge on any atom is 0.230 e. The van der Waals surface area contributed by atoms with Crippen molar-refractivity contribution in [2.45, 2.75) is 31.7 Å². The number of benzene rings is 1. The van der Waals surface area contributed by atoms with Crippen LogP contribution in [-0.4, -0.2) is 18.5 Å². The molecule has 2 bridgehead atoms. The van der Waals surface area contributed by atoms with Gasteiger partial charge in [-0.15, -0.1) is 0 Å². The van der Waals surface area contributed by atoms with Crippen molar-refractivity contribution >= 4 is 11.6 Å². The second-order valence-corrected chi connectivity index (χ2v) is 5.05. The summed E-state index contributed by atoms with van der Waals surface area (Å²) in [6.07, 6.45) is 4.06. The minimum Gasteiger partial charge on any atom is -0.330 e. The molecule has 3 nitrogen and oxygen atoms in total. The molecule has 1 aromatic carbocycles. The summed E-state index contributed by atoms with van der Waals surface area (Å²) in [5, 5.41) is 0. The standard InChI is InChI=1S/C14H18N2O/c15-7-3-5-10-4-1-2-6-13(10)16-12-8-11(9-12)14(16)17/h1-2,4,6,11-12H,3,5,7-9,15H2. The van der Waals surface area contributed by atoms with Gasteiger partial charge >= 0.3 is 0 Å². The first kappa shape index (κ1) is 10.8. The van der Waals surface area contributed by atoms with E-state index in [1.807, 2.05) is 17.0 Å². The van der Waals surface area contributed by atoms with Crippen LogP contribution in [0, 0.1) is 5.92 Å². The number of nitrogens with two attached hydrogens (primary N) is 1. The van der Waals surface area contributed by atoms with Gasteiger partial charge in [0.05, 0.1) is 0 Å². The highest BCUT2D eigenvalue weighted by molar-refractivity contribution is 6.01. The Morgan fingerprint density at radius 3 is 2.71 bits per heavy atom. The monoisotopic (exact) mass is 230 g/mol. The van der Waals surface area contributed by atoms with Crippen molar-refractivity contribution in [1.82, 2.24) is 0 Å². The number of para-hydroxylation sites is 1. The third-order valence-electron chi connectivity index (χ3n) is 3.97. The number of fused-ring (bicyclic) bond motifs is 1. The number of anilines is 1. The largest absolute Gasteiger partial charge is 0.330 e. The minimum absolute atomic E-state index is 0.308. The van der Waals surface area contributed by atoms with Gasteiger partial charge in [-0.05, 0) is 43.9 Å². The summed E-state index contributed by atoms with van der Waals surface area (Å²) in [4.78, 5) is 14.1. The van der Waals surface area contributed by atoms with Crippen LogP contribution in [0.4, 0.5) is 5.69 Å². The molecule has 0 radical (unpaired) electrons. The minimum atomic E-state index is 0.308. The predicted octanol–water partition coefficient (Wildman–Crippen LogP) is 1.70. The van der Waals surface area contributed by atoms with E-state index in [9.17, 15) is 4.79 Å². The summed E-state index contributed by atoms with van der Waals surface area (Å²) >= 11 is 0. The zero-order valence-electron chi connectivity index (χ0n) is 9.93. The number of carbonyl (C=O) groups is 1. The number of nitrogens with zero attached hydrogens (tertiary/aromatic N) is 1. The second kappa shape index (κ2) is 4.15. The summed E-state index contributed by atoms with van der Waals surface area (Å²) in [6.45, 7) is 0.703. The summed E-state index contributed by atoms with van der Waals surface area (Å²) in [6, 6.07) is 8.72. The zero-order valence-corrected chi connectivity index (χ0v) is 9.93. The summed E-state index contributed by atoms with van der Waals surface area (Å²) in [5.74, 6) is 0.637. The molecule has 1 amide bonds. The lowest BCUT2D eigenvalue weighted by atomic mass is 9.86. The molecule has 2 aliphatic heterocycles. The summed E-state index contributed by atoms with van der Waals surface area (Å²) in [7, 11) is 0. The Kier molecular flexibility index (Phi) is 2.63. The van der Waals surface area contributed by atoms with Crippen LogP contribution in [0.5, 0.6) is 0 Å². The normalized spacial score (nSPS) is 26.2. The number of rotatable bonds is 4. The maximum absolute atomic E-state index is 12.1. The van der Waals surface area contributed by atoms with E-state index in [1.54, 1.807) is 0 Å². The Morgan fingerprint density at radius 2 is 2.06 bits per heavy atom. The van der Waals surface area contributed by atoms with Crippen molar-refractivity contribution in [2.75, 3.05) is 11.4 Å². The Balaban J connectivity index is 1.89. The molecule has 3 fully saturated rings. The van der Waals surface area contributed by atoms with Crippen LogP contribution in [0.15, 0.2) is 24.3 Å². The molecule has 1 aliphatic carbocycles. The Morgan fingerprint density at radius 1 is 1.29 bits per heavy atom. The summed E-state index contributed by atoms with van der Waals surface area (Å²) < 4.78 is 0. The Hall–Kier alpha value is -1.35. The van der Waals surface area contributed by atoms with Gasteiger partial charge in [0.15, 0.2) is 0 Å². The molecule has 1 aromatic rings. The lowest BCUT2D eigenvalue weighted by molar-refractivity contribution is -0.119. The van der Waals surface area contributed by atoms with Crippen LogP contribution in [0.2, 0.25) is 0 Å². The van der Waals surface area contributed by atoms with Crippen LogP contribution < -0.4 is 10.6 Å². The number of hydrogen-bond acceptors (Lipinski definition) is 2. The number of amides is 1. The molecular formula is C14H18N2O. The van der Waals surface area contributed by atoms with E-state index in [4.69, 9.17) is 5.73 Å². The van der Waals surface area contributed by atoms with Crippen LogP contribution in [0.25, 0.3) is 0 Å². The van der Waals surface area contributed by atoms with Gasteiger partial charge < -0.3 is 10.6 Å². The first-order valence-electron chi connectivity index (χ1n) is 6.42. The molecule has 2 heterocycles. The second-order valence-electron chi connectivity index (χ2n) is 5.05. The van der Waals surface area contributed by atoms with Crippen molar-refractivity contribution in [3.63, 3.8) is 0 Å². The van der Waals surface area contributed by atoms with Crippen molar-refractivity contribution in [3.05, 3.63) is 29.8 Å². The van der Waals surface area contributed by atoms with Gasteiger partial charge in [0.1, 0.15) is 0 Å². The van der Waals surface area contributed by atoms with Gasteiger partial charge in [-0.25, -0.2) is 0 Å². The van der Waals surface area contributed by atoms with E-state index >= 15 is 0 Å². The lowest BCUT2D eigenvalue weighted by Gasteiger charge is -2.26. The summed E-state index contributed by atoms with van der Waals surface area (Å²) in [5.41, 5.74) is 7.95. The molecule has 2 N–H and O–H groups in total. The van der Waals surface area contributed by atoms with Gasteiger partial charge in [0.25, 0.3) is 0 Å². The predicted molar refractivity (Wildman–Crippen MR) is 67.8 cm³/mol. The number of carbonyl (C=O) groups excluding carboxylic acids is 1. The average Bonchev–Trinajstić information content (AvgIpc) is 2.77. The molecule has 2 saturated heterocycles. The van der Waals surface area contributed by atoms with E-state index in [-0.39, 0.29) is 0 Å². The lowest BCUT2D eigenvalue weighted by Crippen LogP contribution is -2.30. The molecular weight excluding hydrogens is 212 g/mol. The first-order chi connectivity index (χ1) is 8.31. The van der Waals surface area contributed by atoms with Crippen molar-refractivity contribution in [2.24, 2.45) is 11.7 Å². The Bertz CT molecular complexity index is 438. The zero-order chi connectivity index (χ0) is 11.8. The van der Waals surface area contributed by atoms with Crippen molar-refractivity contribution in [1.29, 1.82) is 0 Å². The van der Waals surface area contributed by atoms with Gasteiger partial charge in [-0.1, -0.05) is 18.2 Å². The van der Waals surface area contributed by atoms with E-state index in [0.29, 0.717) is 24.4 Å². The topological polar surface area (TPSA) is 46.3 Å². The van der Waals surface area contributed by atoms with Crippen molar-refractivity contribution in [3.8, 4) is 0 Å². The number of aryl methyl sites for hydroxylation is 1. The van der Waals surface area contributed by atoms with Crippen LogP contribution in [-0.2, 0) is 11.2 Å². The maximum atomic E-state index is 12.1. The molecule has 3 heteroatoms. The van der Waals surface area contributed by atoms with Crippen LogP contribution in [0.1, 0.15) is 24.8 Å². The highest BCUT2D eigenvalue weighted by Crippen LogP contribution is 2.45. The van der Waals surface area contributed by atoms with E-state index in [2.05, 4.69) is 12.1 Å². The SMILES string of the molecule is NCCCc1ccccc1N1C(=O)C2CC1C2. The first-order valence-corrected chi connectivity index (χ1v) is 6.42. The smallest absolute Gasteiger partial charge is 0.230 e. The fourth-order valence-corrected chi connectivity index (χ4v) is 2.94. The van der Waals surface area contributed by atoms with Crippen molar-refractivity contribution < 1.29 is 4.79 Å². The Labute approximate surface area is 102 Å². The molecule has 0 spiro atoms. The molecule has 0 unspecified atom stereocenters. The van der Waals surface area contributed by atoms with Crippen LogP contribution >= 0.6 is 0 Å². The van der Waals surface area contributed by atoms with Gasteiger partial charge in [0, 0.05) is 17.6 Å². The third kappa shape index (κ3) is 1.65. The average molecular weight is 230 g/mol. The highest BCUT2D eigenvalue weighted by Gasteiger charge is 2.50. The van der Waals surface area contributed by atoms with Gasteiger partial charge in [-0.3, -0.25) is 4.79 Å². The highest BCUT2D eigenvalue weighted by atomic mass is 16.2. The molecule has 17 heavy (non-hydrogen) atoms. The fourth-order valence-electron chi connectivity index (χ4n) is 2.94. The molecule has 90 valence electrons. The van der Waals surface area contributed by atoms with Gasteiger partial charge in [-0.2, -0.15) is 0 Å². The van der Waals surface area contributed by atoms with Gasteiger partial charge in [0.2, 0.25) is 5.91 Å².